The Kier molecular flexibility index (Phi) is 4.85. The Hall–Kier alpha value is -2.46. The van der Waals surface area contributed by atoms with E-state index in [1.165, 1.54) is 0 Å². The van der Waals surface area contributed by atoms with Gasteiger partial charge >= 0.3 is 0 Å². The van der Waals surface area contributed by atoms with E-state index in [4.69, 9.17) is 14.7 Å². The number of nitrogens with one attached hydrogen (secondary N) is 1. The number of carbonyl (C=O) groups excluding carboxylic acids is 2. The molecule has 1 heterocycles. The minimum absolute atomic E-state index is 0.0761. The van der Waals surface area contributed by atoms with Gasteiger partial charge in [0.2, 0.25) is 0 Å². The van der Waals surface area contributed by atoms with E-state index < -0.39 is 5.91 Å². The summed E-state index contributed by atoms with van der Waals surface area (Å²) in [7, 11) is 0. The first-order valence-corrected chi connectivity index (χ1v) is 6.97. The average molecular weight is 304 g/mol. The summed E-state index contributed by atoms with van der Waals surface area (Å²) in [4.78, 5) is 22.9. The van der Waals surface area contributed by atoms with Gasteiger partial charge in [0, 0.05) is 0 Å². The number of hydrogen-bond donors (Lipinski definition) is 1. The summed E-state index contributed by atoms with van der Waals surface area (Å²) in [5.41, 5.74) is 0.704. The van der Waals surface area contributed by atoms with Crippen LogP contribution in [-0.4, -0.2) is 24.4 Å². The number of rotatable bonds is 5. The monoisotopic (exact) mass is 304 g/mol. The molecule has 0 spiro atoms. The molecular formula is C14H12N2O4S. The molecule has 108 valence electrons. The summed E-state index contributed by atoms with van der Waals surface area (Å²) in [6.07, 6.45) is 1.60. The zero-order valence-electron chi connectivity index (χ0n) is 11.2. The zero-order chi connectivity index (χ0) is 15.2. The van der Waals surface area contributed by atoms with Gasteiger partial charge < -0.3 is 9.47 Å². The molecule has 0 atom stereocenters. The first-order chi connectivity index (χ1) is 10.1. The average Bonchev–Trinajstić information content (AvgIpc) is 2.76. The topological polar surface area (TPSA) is 88.4 Å². The van der Waals surface area contributed by atoms with E-state index in [1.54, 1.807) is 24.3 Å². The maximum absolute atomic E-state index is 11.5. The highest BCUT2D eigenvalue weighted by Crippen LogP contribution is 2.31. The van der Waals surface area contributed by atoms with Crippen molar-refractivity contribution in [2.75, 3.05) is 13.2 Å². The van der Waals surface area contributed by atoms with Gasteiger partial charge in [-0.1, -0.05) is 6.07 Å². The number of carbonyl (C=O) groups is 2. The molecule has 1 aromatic carbocycles. The van der Waals surface area contributed by atoms with Crippen molar-refractivity contribution >= 4 is 29.0 Å². The lowest BCUT2D eigenvalue weighted by Gasteiger charge is -2.10. The summed E-state index contributed by atoms with van der Waals surface area (Å²) >= 11 is 0.852. The van der Waals surface area contributed by atoms with Crippen molar-refractivity contribution in [3.05, 3.63) is 28.7 Å². The van der Waals surface area contributed by atoms with E-state index >= 15 is 0 Å². The summed E-state index contributed by atoms with van der Waals surface area (Å²) < 4.78 is 10.7. The van der Waals surface area contributed by atoms with Gasteiger partial charge in [-0.3, -0.25) is 14.9 Å². The van der Waals surface area contributed by atoms with Crippen LogP contribution in [0, 0.1) is 11.3 Å². The minimum Gasteiger partial charge on any atom is -0.490 e. The molecule has 0 aliphatic carbocycles. The Morgan fingerprint density at radius 3 is 2.76 bits per heavy atom. The number of amides is 2. The third-order valence-corrected chi connectivity index (χ3v) is 3.31. The fraction of sp³-hybridized carbons (Fsp3) is 0.214. The molecule has 21 heavy (non-hydrogen) atoms. The maximum Gasteiger partial charge on any atom is 0.290 e. The molecule has 1 aliphatic heterocycles. The number of nitriles is 1. The molecule has 2 amide bonds. The summed E-state index contributed by atoms with van der Waals surface area (Å²) in [5, 5.41) is 10.3. The van der Waals surface area contributed by atoms with E-state index in [2.05, 4.69) is 5.32 Å². The molecule has 0 unspecified atom stereocenters. The molecule has 6 nitrogen and oxygen atoms in total. The standard InChI is InChI=1S/C14H12N2O4S/c1-2-19-11-7-9(3-4-10(11)20-6-5-15)8-12-13(17)16-14(18)21-12/h3-4,7-8H,2,6H2,1H3,(H,16,17,18)/b12-8+. The highest BCUT2D eigenvalue weighted by molar-refractivity contribution is 8.18. The highest BCUT2D eigenvalue weighted by atomic mass is 32.2. The number of imide groups is 1. The van der Waals surface area contributed by atoms with Crippen molar-refractivity contribution in [2.45, 2.75) is 6.92 Å². The van der Waals surface area contributed by atoms with Crippen molar-refractivity contribution in [1.29, 1.82) is 5.26 Å². The van der Waals surface area contributed by atoms with Crippen LogP contribution in [0.4, 0.5) is 4.79 Å². The van der Waals surface area contributed by atoms with Gasteiger partial charge in [0.15, 0.2) is 18.1 Å². The van der Waals surface area contributed by atoms with Gasteiger partial charge in [-0.15, -0.1) is 0 Å². The van der Waals surface area contributed by atoms with Crippen molar-refractivity contribution in [3.8, 4) is 17.6 Å². The van der Waals surface area contributed by atoms with Crippen molar-refractivity contribution in [1.82, 2.24) is 5.32 Å². The zero-order valence-corrected chi connectivity index (χ0v) is 12.0. The third kappa shape index (κ3) is 3.77. The largest absolute Gasteiger partial charge is 0.490 e. The molecule has 0 aromatic heterocycles. The van der Waals surface area contributed by atoms with Crippen LogP contribution >= 0.6 is 11.8 Å². The van der Waals surface area contributed by atoms with Gasteiger partial charge in [-0.25, -0.2) is 0 Å². The van der Waals surface area contributed by atoms with Gasteiger partial charge in [0.25, 0.3) is 11.1 Å². The second kappa shape index (κ2) is 6.81. The van der Waals surface area contributed by atoms with Gasteiger partial charge in [0.1, 0.15) is 6.07 Å². The number of nitrogens with zero attached hydrogens (tertiary/aromatic N) is 1. The van der Waals surface area contributed by atoms with E-state index in [0.29, 0.717) is 28.6 Å². The molecule has 2 rings (SSSR count). The molecule has 1 aromatic rings. The number of thioether (sulfide) groups is 1. The lowest BCUT2D eigenvalue weighted by atomic mass is 10.2. The van der Waals surface area contributed by atoms with Crippen LogP contribution in [-0.2, 0) is 4.79 Å². The van der Waals surface area contributed by atoms with Crippen LogP contribution in [0.2, 0.25) is 0 Å². The van der Waals surface area contributed by atoms with E-state index in [0.717, 1.165) is 11.8 Å². The molecule has 1 saturated heterocycles. The summed E-state index contributed by atoms with van der Waals surface area (Å²) in [6.45, 7) is 2.20. The Morgan fingerprint density at radius 2 is 2.14 bits per heavy atom. The predicted molar refractivity (Wildman–Crippen MR) is 77.8 cm³/mol. The smallest absolute Gasteiger partial charge is 0.290 e. The summed E-state index contributed by atoms with van der Waals surface area (Å²) in [5.74, 6) is 0.532. The fourth-order valence-electron chi connectivity index (χ4n) is 1.68. The molecule has 7 heteroatoms. The minimum atomic E-state index is -0.409. The first-order valence-electron chi connectivity index (χ1n) is 6.15. The van der Waals surface area contributed by atoms with E-state index in [9.17, 15) is 9.59 Å². The molecule has 0 radical (unpaired) electrons. The van der Waals surface area contributed by atoms with Crippen LogP contribution in [0.25, 0.3) is 6.08 Å². The number of ether oxygens (including phenoxy) is 2. The fourth-order valence-corrected chi connectivity index (χ4v) is 2.37. The van der Waals surface area contributed by atoms with Gasteiger partial charge in [0.05, 0.1) is 11.5 Å². The molecule has 1 N–H and O–H groups in total. The molecule has 0 bridgehead atoms. The molecule has 1 aliphatic rings. The van der Waals surface area contributed by atoms with E-state index in [-0.39, 0.29) is 11.8 Å². The summed E-state index contributed by atoms with van der Waals surface area (Å²) in [6, 6.07) is 6.96. The quantitative estimate of drug-likeness (QED) is 0.840. The van der Waals surface area contributed by atoms with Crippen LogP contribution in [0.1, 0.15) is 12.5 Å². The predicted octanol–water partition coefficient (Wildman–Crippen LogP) is 2.31. The third-order valence-electron chi connectivity index (χ3n) is 2.50. The van der Waals surface area contributed by atoms with Crippen LogP contribution < -0.4 is 14.8 Å². The maximum atomic E-state index is 11.5. The Bertz CT molecular complexity index is 649. The normalized spacial score (nSPS) is 15.7. The Balaban J connectivity index is 2.27. The second-order valence-corrected chi connectivity index (χ2v) is 4.95. The molecular weight excluding hydrogens is 292 g/mol. The first kappa shape index (κ1) is 14.9. The van der Waals surface area contributed by atoms with Gasteiger partial charge in [-0.05, 0) is 42.5 Å². The lowest BCUT2D eigenvalue weighted by Crippen LogP contribution is -2.17. The number of hydrogen-bond acceptors (Lipinski definition) is 6. The van der Waals surface area contributed by atoms with Gasteiger partial charge in [-0.2, -0.15) is 5.26 Å². The van der Waals surface area contributed by atoms with Crippen LogP contribution in [0.5, 0.6) is 11.5 Å². The number of benzene rings is 1. The van der Waals surface area contributed by atoms with Crippen LogP contribution in [0.15, 0.2) is 23.1 Å². The van der Waals surface area contributed by atoms with Crippen LogP contribution in [0.3, 0.4) is 0 Å². The molecule has 1 fully saturated rings. The lowest BCUT2D eigenvalue weighted by molar-refractivity contribution is -0.115. The van der Waals surface area contributed by atoms with Crippen molar-refractivity contribution < 1.29 is 19.1 Å². The molecule has 0 saturated carbocycles. The second-order valence-electron chi connectivity index (χ2n) is 3.94. The Labute approximate surface area is 125 Å². The highest BCUT2D eigenvalue weighted by Gasteiger charge is 2.25. The Morgan fingerprint density at radius 1 is 1.33 bits per heavy atom. The van der Waals surface area contributed by atoms with E-state index in [1.807, 2.05) is 13.0 Å². The van der Waals surface area contributed by atoms with Crippen molar-refractivity contribution in [2.24, 2.45) is 0 Å². The van der Waals surface area contributed by atoms with Crippen molar-refractivity contribution in [3.63, 3.8) is 0 Å². The SMILES string of the molecule is CCOc1cc(/C=C2/SC(=O)NC2=O)ccc1OCC#N.